The van der Waals surface area contributed by atoms with Crippen LogP contribution in [0.15, 0.2) is 42.5 Å². The zero-order valence-corrected chi connectivity index (χ0v) is 13.5. The minimum absolute atomic E-state index is 0.136. The van der Waals surface area contributed by atoms with Crippen LogP contribution in [0.2, 0.25) is 0 Å². The second kappa shape index (κ2) is 6.25. The molecule has 7 heteroatoms. The molecule has 0 amide bonds. The summed E-state index contributed by atoms with van der Waals surface area (Å²) in [7, 11) is -3.41. The third-order valence-electron chi connectivity index (χ3n) is 3.62. The molecule has 3 rings (SSSR count). The predicted molar refractivity (Wildman–Crippen MR) is 84.0 cm³/mol. The summed E-state index contributed by atoms with van der Waals surface area (Å²) in [4.78, 5) is 4.23. The third kappa shape index (κ3) is 3.86. The summed E-state index contributed by atoms with van der Waals surface area (Å²) in [5.41, 5.74) is 1.42. The van der Waals surface area contributed by atoms with Gasteiger partial charge in [-0.25, -0.2) is 17.8 Å². The van der Waals surface area contributed by atoms with E-state index < -0.39 is 10.0 Å². The Kier molecular flexibility index (Phi) is 4.32. The van der Waals surface area contributed by atoms with Crippen LogP contribution in [0.3, 0.4) is 0 Å². The lowest BCUT2D eigenvalue weighted by atomic mass is 10.2. The van der Waals surface area contributed by atoms with E-state index in [1.54, 1.807) is 6.07 Å². The molecule has 0 radical (unpaired) electrons. The minimum Gasteiger partial charge on any atom is -0.472 e. The number of aryl methyl sites for hydroxylation is 1. The van der Waals surface area contributed by atoms with E-state index in [1.165, 1.54) is 28.6 Å². The van der Waals surface area contributed by atoms with Crippen LogP contribution in [0.1, 0.15) is 11.3 Å². The van der Waals surface area contributed by atoms with Crippen molar-refractivity contribution in [3.63, 3.8) is 0 Å². The third-order valence-corrected chi connectivity index (χ3v) is 5.40. The Morgan fingerprint density at radius 1 is 1.22 bits per heavy atom. The van der Waals surface area contributed by atoms with Gasteiger partial charge in [0.15, 0.2) is 0 Å². The van der Waals surface area contributed by atoms with E-state index in [1.807, 2.05) is 19.1 Å². The molecule has 5 nitrogen and oxygen atoms in total. The van der Waals surface area contributed by atoms with Crippen molar-refractivity contribution in [2.45, 2.75) is 18.8 Å². The largest absolute Gasteiger partial charge is 0.472 e. The number of ether oxygens (including phenoxy) is 1. The van der Waals surface area contributed by atoms with E-state index in [4.69, 9.17) is 4.74 Å². The highest BCUT2D eigenvalue weighted by Crippen LogP contribution is 2.21. The minimum atomic E-state index is -3.41. The fourth-order valence-corrected chi connectivity index (χ4v) is 3.92. The summed E-state index contributed by atoms with van der Waals surface area (Å²) < 4.78 is 44.4. The van der Waals surface area contributed by atoms with E-state index in [-0.39, 0.29) is 17.7 Å². The average Bonchev–Trinajstić information content (AvgIpc) is 2.44. The lowest BCUT2D eigenvalue weighted by molar-refractivity contribution is 0.0718. The normalized spacial score (nSPS) is 16.1. The number of aromatic nitrogens is 1. The maximum atomic E-state index is 12.9. The fourth-order valence-electron chi connectivity index (χ4n) is 2.34. The lowest BCUT2D eigenvalue weighted by Crippen LogP contribution is -2.56. The summed E-state index contributed by atoms with van der Waals surface area (Å²) >= 11 is 0. The Balaban J connectivity index is 1.56. The van der Waals surface area contributed by atoms with Gasteiger partial charge in [-0.15, -0.1) is 0 Å². The molecule has 2 aromatic rings. The van der Waals surface area contributed by atoms with Gasteiger partial charge < -0.3 is 4.74 Å². The maximum Gasteiger partial charge on any atom is 0.218 e. The smallest absolute Gasteiger partial charge is 0.218 e. The molecule has 0 unspecified atom stereocenters. The van der Waals surface area contributed by atoms with Crippen LogP contribution < -0.4 is 4.74 Å². The second-order valence-electron chi connectivity index (χ2n) is 5.56. The first-order valence-corrected chi connectivity index (χ1v) is 8.86. The molecule has 1 aliphatic rings. The van der Waals surface area contributed by atoms with E-state index in [0.717, 1.165) is 5.69 Å². The number of pyridine rings is 1. The van der Waals surface area contributed by atoms with Gasteiger partial charge in [0.2, 0.25) is 15.9 Å². The quantitative estimate of drug-likeness (QED) is 0.839. The average molecular weight is 336 g/mol. The standard InChI is InChI=1S/C16H17FN2O3S/c1-12-3-2-4-16(18-12)22-15-9-19(10-15)23(20,21)11-13-5-7-14(17)8-6-13/h2-8,15H,9-11H2,1H3. The van der Waals surface area contributed by atoms with Gasteiger partial charge in [-0.05, 0) is 30.7 Å². The molecule has 122 valence electrons. The second-order valence-corrected chi connectivity index (χ2v) is 7.53. The van der Waals surface area contributed by atoms with E-state index in [9.17, 15) is 12.8 Å². The molecular weight excluding hydrogens is 319 g/mol. The Hall–Kier alpha value is -1.99. The van der Waals surface area contributed by atoms with Crippen molar-refractivity contribution >= 4 is 10.0 Å². The molecule has 2 heterocycles. The molecular formula is C16H17FN2O3S. The summed E-state index contributed by atoms with van der Waals surface area (Å²) in [5.74, 6) is -0.0114. The SMILES string of the molecule is Cc1cccc(OC2CN(S(=O)(=O)Cc3ccc(F)cc3)C2)n1. The first-order valence-electron chi connectivity index (χ1n) is 7.25. The zero-order valence-electron chi connectivity index (χ0n) is 12.6. The van der Waals surface area contributed by atoms with E-state index in [2.05, 4.69) is 4.98 Å². The van der Waals surface area contributed by atoms with Crippen molar-refractivity contribution in [1.82, 2.24) is 9.29 Å². The molecule has 0 atom stereocenters. The molecule has 1 aliphatic heterocycles. The first kappa shape index (κ1) is 15.9. The van der Waals surface area contributed by atoms with Crippen LogP contribution >= 0.6 is 0 Å². The lowest BCUT2D eigenvalue weighted by Gasteiger charge is -2.37. The Morgan fingerprint density at radius 2 is 1.91 bits per heavy atom. The van der Waals surface area contributed by atoms with Gasteiger partial charge in [0.05, 0.1) is 18.8 Å². The van der Waals surface area contributed by atoms with E-state index in [0.29, 0.717) is 24.5 Å². The van der Waals surface area contributed by atoms with Crippen LogP contribution in [-0.4, -0.2) is 36.9 Å². The Labute approximate surface area is 134 Å². The van der Waals surface area contributed by atoms with Crippen molar-refractivity contribution in [3.05, 3.63) is 59.5 Å². The fraction of sp³-hybridized carbons (Fsp3) is 0.312. The van der Waals surface area contributed by atoms with Gasteiger partial charge in [0.1, 0.15) is 11.9 Å². The molecule has 0 N–H and O–H groups in total. The zero-order chi connectivity index (χ0) is 16.4. The van der Waals surface area contributed by atoms with Crippen LogP contribution in [0, 0.1) is 12.7 Å². The van der Waals surface area contributed by atoms with Gasteiger partial charge in [-0.1, -0.05) is 18.2 Å². The van der Waals surface area contributed by atoms with Crippen molar-refractivity contribution in [2.75, 3.05) is 13.1 Å². The molecule has 1 fully saturated rings. The van der Waals surface area contributed by atoms with Gasteiger partial charge in [0, 0.05) is 11.8 Å². The summed E-state index contributed by atoms with van der Waals surface area (Å²) in [6, 6.07) is 11.0. The number of halogens is 1. The number of sulfonamides is 1. The van der Waals surface area contributed by atoms with Crippen LogP contribution in [0.4, 0.5) is 4.39 Å². The molecule has 0 spiro atoms. The van der Waals surface area contributed by atoms with Gasteiger partial charge in [0.25, 0.3) is 0 Å². The number of nitrogens with zero attached hydrogens (tertiary/aromatic N) is 2. The highest BCUT2D eigenvalue weighted by Gasteiger charge is 2.37. The summed E-state index contributed by atoms with van der Waals surface area (Å²) in [5, 5.41) is 0. The first-order chi connectivity index (χ1) is 10.9. The van der Waals surface area contributed by atoms with Crippen LogP contribution in [-0.2, 0) is 15.8 Å². The van der Waals surface area contributed by atoms with Crippen molar-refractivity contribution in [3.8, 4) is 5.88 Å². The number of rotatable bonds is 5. The van der Waals surface area contributed by atoms with Crippen LogP contribution in [0.5, 0.6) is 5.88 Å². The molecule has 23 heavy (non-hydrogen) atoms. The number of hydrogen-bond donors (Lipinski definition) is 0. The molecule has 0 aliphatic carbocycles. The highest BCUT2D eigenvalue weighted by atomic mass is 32.2. The monoisotopic (exact) mass is 336 g/mol. The Bertz CT molecular complexity index is 787. The topological polar surface area (TPSA) is 59.5 Å². The molecule has 1 aromatic carbocycles. The molecule has 1 aromatic heterocycles. The van der Waals surface area contributed by atoms with Crippen LogP contribution in [0.25, 0.3) is 0 Å². The summed E-state index contributed by atoms with van der Waals surface area (Å²) in [6.45, 7) is 2.48. The Morgan fingerprint density at radius 3 is 2.57 bits per heavy atom. The van der Waals surface area contributed by atoms with E-state index >= 15 is 0 Å². The van der Waals surface area contributed by atoms with Gasteiger partial charge in [-0.3, -0.25) is 0 Å². The number of hydrogen-bond acceptors (Lipinski definition) is 4. The van der Waals surface area contributed by atoms with Crippen molar-refractivity contribution in [1.29, 1.82) is 0 Å². The van der Waals surface area contributed by atoms with Gasteiger partial charge in [-0.2, -0.15) is 4.31 Å². The van der Waals surface area contributed by atoms with Gasteiger partial charge >= 0.3 is 0 Å². The van der Waals surface area contributed by atoms with Crippen molar-refractivity contribution in [2.24, 2.45) is 0 Å². The van der Waals surface area contributed by atoms with Crippen molar-refractivity contribution < 1.29 is 17.5 Å². The highest BCUT2D eigenvalue weighted by molar-refractivity contribution is 7.88. The number of benzene rings is 1. The molecule has 0 bridgehead atoms. The molecule has 1 saturated heterocycles. The maximum absolute atomic E-state index is 12.9. The predicted octanol–water partition coefficient (Wildman–Crippen LogP) is 2.12. The summed E-state index contributed by atoms with van der Waals surface area (Å²) in [6.07, 6.45) is -0.188. The molecule has 0 saturated carbocycles.